The van der Waals surface area contributed by atoms with Gasteiger partial charge in [-0.25, -0.2) is 41.9 Å². The normalized spacial score (nSPS) is 13.8. The standard InChI is InChI=1S/C22H25N9O.2C21H19F2N7OS.C21H20FN7OS/c1-14-9-18(3-4-20(14)32-2)31-22(27-28-29-31)19-10-15(11-25-21(19)23)16-12-26-30(13-16)17-5-7-24-8-6-17;1-31-13-8-15(22)19(16(23)9-13)30-21(27-28-29-30)14-6-12(10-26-20(14)24)18-7-11-2-4-25-5-3-17(11)32-18;1-31-19-15(22)8-13(9-16(19)23)30-21(27-28-29-30)14-6-12(10-26-20(14)24)18-7-11-2-4-25-5-3-17(11)32-18;1-30-17-3-2-14(10-16(17)22)29-21(26-27-28-29)15-8-13(11-25-20(15)23)19-9-12-4-6-24-7-5-18(12)31-19/h3-4,9-13,17,24H,5-8H2,1-2H3,(H2,23,25);2*6-10,25H,2-5H2,1H3,(H2,24,26);2-3,8-11,24H,4-7H2,1H3,(H2,23,25). The van der Waals surface area contributed by atoms with Gasteiger partial charge in [0.15, 0.2) is 63.9 Å². The van der Waals surface area contributed by atoms with Gasteiger partial charge in [-0.3, -0.25) is 4.68 Å². The van der Waals surface area contributed by atoms with E-state index in [1.54, 1.807) is 82.7 Å². The summed E-state index contributed by atoms with van der Waals surface area (Å²) in [5.41, 5.74) is 37.3. The minimum Gasteiger partial charge on any atom is -0.497 e. The molecular formula is C85H83F5N30O4S3. The quantitative estimate of drug-likeness (QED) is 0.0393. The fourth-order valence-electron chi connectivity index (χ4n) is 15.3. The molecule has 0 spiro atoms. The Hall–Kier alpha value is -14.0. The summed E-state index contributed by atoms with van der Waals surface area (Å²) in [6, 6.07) is 29.2. The van der Waals surface area contributed by atoms with Gasteiger partial charge in [0.1, 0.15) is 40.5 Å². The van der Waals surface area contributed by atoms with Crippen LogP contribution in [0.5, 0.6) is 23.0 Å². The summed E-state index contributed by atoms with van der Waals surface area (Å²) < 4.78 is 99.5. The van der Waals surface area contributed by atoms with Gasteiger partial charge in [0.25, 0.3) is 0 Å². The zero-order chi connectivity index (χ0) is 87.9. The van der Waals surface area contributed by atoms with Gasteiger partial charge in [-0.15, -0.1) is 54.4 Å². The summed E-state index contributed by atoms with van der Waals surface area (Å²) in [7, 11) is 5.59. The van der Waals surface area contributed by atoms with Gasteiger partial charge in [0, 0.05) is 118 Å². The Kier molecular flexibility index (Phi) is 25.3. The van der Waals surface area contributed by atoms with Crippen LogP contribution >= 0.6 is 34.0 Å². The van der Waals surface area contributed by atoms with Gasteiger partial charge in [-0.1, -0.05) is 0 Å². The zero-order valence-corrected chi connectivity index (χ0v) is 71.5. The van der Waals surface area contributed by atoms with Crippen molar-refractivity contribution in [1.82, 2.24) is 132 Å². The lowest BCUT2D eigenvalue weighted by Crippen LogP contribution is -2.29. The summed E-state index contributed by atoms with van der Waals surface area (Å²) in [6.07, 6.45) is 19.0. The third-order valence-electron chi connectivity index (χ3n) is 21.8. The lowest BCUT2D eigenvalue weighted by molar-refractivity contribution is 0.343. The number of nitrogens with one attached hydrogen (secondary N) is 4. The van der Waals surface area contributed by atoms with E-state index in [2.05, 4.69) is 137 Å². The molecule has 1 saturated heterocycles. The highest BCUT2D eigenvalue weighted by Gasteiger charge is 2.28. The number of pyridine rings is 4. The van der Waals surface area contributed by atoms with Crippen LogP contribution in [0.3, 0.4) is 0 Å². The van der Waals surface area contributed by atoms with Crippen molar-refractivity contribution in [3.05, 3.63) is 206 Å². The number of hydrogen-bond donors (Lipinski definition) is 8. The molecule has 0 aliphatic carbocycles. The molecule has 20 rings (SSSR count). The predicted molar refractivity (Wildman–Crippen MR) is 471 cm³/mol. The lowest BCUT2D eigenvalue weighted by atomic mass is 10.1. The van der Waals surface area contributed by atoms with E-state index in [1.165, 1.54) is 74.1 Å². The summed E-state index contributed by atoms with van der Waals surface area (Å²) >= 11 is 5.22. The number of thiophene rings is 3. The molecule has 4 aromatic carbocycles. The highest BCUT2D eigenvalue weighted by molar-refractivity contribution is 7.16. The second kappa shape index (κ2) is 37.8. The van der Waals surface area contributed by atoms with Crippen LogP contribution in [-0.2, 0) is 38.5 Å². The third kappa shape index (κ3) is 18.2. The average Bonchev–Trinajstić information content (AvgIpc) is 1.74. The number of rotatable bonds is 17. The van der Waals surface area contributed by atoms with Gasteiger partial charge in [0.2, 0.25) is 0 Å². The van der Waals surface area contributed by atoms with Crippen molar-refractivity contribution in [3.8, 4) is 134 Å². The summed E-state index contributed by atoms with van der Waals surface area (Å²) in [5.74, 6) is -1.19. The Bertz CT molecular complexity index is 6560. The minimum atomic E-state index is -0.867. The van der Waals surface area contributed by atoms with Gasteiger partial charge < -0.3 is 63.1 Å². The van der Waals surface area contributed by atoms with E-state index in [9.17, 15) is 22.0 Å². The van der Waals surface area contributed by atoms with Crippen molar-refractivity contribution in [2.24, 2.45) is 0 Å². The number of piperidine rings is 1. The summed E-state index contributed by atoms with van der Waals surface area (Å²) in [5, 5.41) is 65.4. The molecule has 42 heteroatoms. The highest BCUT2D eigenvalue weighted by atomic mass is 32.1. The second-order valence-electron chi connectivity index (χ2n) is 29.8. The van der Waals surface area contributed by atoms with E-state index < -0.39 is 40.5 Å². The number of ether oxygens (including phenoxy) is 4. The molecule has 0 atom stereocenters. The van der Waals surface area contributed by atoms with E-state index >= 15 is 0 Å². The molecule has 34 nitrogen and oxygen atoms in total. The maximum Gasteiger partial charge on any atom is 0.191 e. The first kappa shape index (κ1) is 85.1. The molecule has 16 aromatic rings. The monoisotopic (exact) mass is 1780 g/mol. The maximum absolute atomic E-state index is 14.7. The van der Waals surface area contributed by atoms with Crippen molar-refractivity contribution in [1.29, 1.82) is 0 Å². The number of fused-ring (bicyclic) bond motifs is 3. The zero-order valence-electron chi connectivity index (χ0n) is 69.1. The van der Waals surface area contributed by atoms with E-state index in [0.29, 0.717) is 57.3 Å². The predicted octanol–water partition coefficient (Wildman–Crippen LogP) is 11.3. The molecule has 127 heavy (non-hydrogen) atoms. The number of benzene rings is 4. The Morgan fingerprint density at radius 3 is 1.19 bits per heavy atom. The maximum atomic E-state index is 14.7. The number of methoxy groups -OCH3 is 4. The molecule has 0 bridgehead atoms. The van der Waals surface area contributed by atoms with Crippen molar-refractivity contribution in [3.63, 3.8) is 0 Å². The molecule has 12 N–H and O–H groups in total. The fraction of sp³-hybridized carbons (Fsp3) is 0.259. The van der Waals surface area contributed by atoms with E-state index in [-0.39, 0.29) is 40.5 Å². The van der Waals surface area contributed by atoms with E-state index in [0.717, 1.165) is 192 Å². The molecule has 4 aliphatic heterocycles. The van der Waals surface area contributed by atoms with E-state index in [4.69, 9.17) is 41.9 Å². The molecule has 12 aromatic heterocycles. The van der Waals surface area contributed by atoms with Gasteiger partial charge >= 0.3 is 0 Å². The largest absolute Gasteiger partial charge is 0.497 e. The van der Waals surface area contributed by atoms with Crippen LogP contribution in [0.25, 0.3) is 111 Å². The van der Waals surface area contributed by atoms with Crippen LogP contribution in [0.1, 0.15) is 55.8 Å². The van der Waals surface area contributed by atoms with Crippen LogP contribution in [0, 0.1) is 36.0 Å². The van der Waals surface area contributed by atoms with Crippen LogP contribution < -0.4 is 63.1 Å². The lowest BCUT2D eigenvalue weighted by Gasteiger charge is -2.22. The van der Waals surface area contributed by atoms with Crippen LogP contribution in [0.2, 0.25) is 0 Å². The molecule has 0 amide bonds. The topological polar surface area (TPSA) is 433 Å². The number of aryl methyl sites for hydroxylation is 1. The van der Waals surface area contributed by atoms with Crippen LogP contribution in [0.4, 0.5) is 45.2 Å². The fourth-order valence-corrected chi connectivity index (χ4v) is 18.9. The van der Waals surface area contributed by atoms with Crippen LogP contribution in [0.15, 0.2) is 140 Å². The molecule has 0 radical (unpaired) electrons. The average molecular weight is 1780 g/mol. The Labute approximate surface area is 733 Å². The first-order valence-electron chi connectivity index (χ1n) is 40.3. The van der Waals surface area contributed by atoms with Crippen molar-refractivity contribution in [2.75, 3.05) is 104 Å². The number of tetrazole rings is 4. The van der Waals surface area contributed by atoms with Crippen molar-refractivity contribution >= 4 is 57.3 Å². The molecule has 0 unspecified atom stereocenters. The minimum absolute atomic E-state index is 0.0502. The molecule has 0 saturated carbocycles. The molecule has 650 valence electrons. The van der Waals surface area contributed by atoms with Crippen molar-refractivity contribution < 1.29 is 40.9 Å². The number of hydrogen-bond acceptors (Lipinski definition) is 32. The smallest absolute Gasteiger partial charge is 0.191 e. The second-order valence-corrected chi connectivity index (χ2v) is 33.2. The van der Waals surface area contributed by atoms with Gasteiger partial charge in [-0.05, 0) is 247 Å². The molecular weight excluding hydrogens is 1700 g/mol. The molecule has 1 fully saturated rings. The Balaban J connectivity index is 0.000000119. The summed E-state index contributed by atoms with van der Waals surface area (Å²) in [6.45, 7) is 9.80. The van der Waals surface area contributed by atoms with Crippen molar-refractivity contribution in [2.45, 2.75) is 64.3 Å². The van der Waals surface area contributed by atoms with Crippen LogP contribution in [-0.4, -0.2) is 191 Å². The number of nitrogens with two attached hydrogens (primary N) is 4. The third-order valence-corrected chi connectivity index (χ3v) is 25.7. The number of aromatic nitrogens is 22. The van der Waals surface area contributed by atoms with E-state index in [1.807, 2.05) is 49.5 Å². The molecule has 4 aliphatic rings. The van der Waals surface area contributed by atoms with Gasteiger partial charge in [0.05, 0.1) is 80.0 Å². The number of halogens is 5. The SMILES string of the molecule is COc1c(F)cc(-n2nnnc2-c2cc(-c3cc4c(s3)CCNCC4)cnc2N)cc1F.COc1cc(F)c(-n2nnnc2-c2cc(-c3cc4c(s3)CCNCC4)cnc2N)c(F)c1.COc1ccc(-n2nnnc2-c2cc(-c3cc4c(s3)CCNCC4)cnc2N)cc1F.COc1ccc(-n2nnnc2-c2cc(-c3cnn(C4CCNCC4)c3)cnc2N)cc1C. The summed E-state index contributed by atoms with van der Waals surface area (Å²) in [4.78, 5) is 24.8. The highest BCUT2D eigenvalue weighted by Crippen LogP contribution is 2.42. The Morgan fingerprint density at radius 2 is 0.764 bits per heavy atom. The molecule has 16 heterocycles. The number of nitrogen functional groups attached to an aromatic ring is 4. The first-order chi connectivity index (χ1) is 61.9. The number of anilines is 4. The van der Waals surface area contributed by atoms with Gasteiger partial charge in [-0.2, -0.15) is 23.8 Å². The number of nitrogens with zero attached hydrogens (tertiary/aromatic N) is 22. The Morgan fingerprint density at radius 1 is 0.378 bits per heavy atom. The first-order valence-corrected chi connectivity index (χ1v) is 42.8.